The third-order valence-electron chi connectivity index (χ3n) is 2.42. The van der Waals surface area contributed by atoms with Gasteiger partial charge in [0.2, 0.25) is 0 Å². The Kier molecular flexibility index (Phi) is 3.51. The van der Waals surface area contributed by atoms with E-state index >= 15 is 0 Å². The van der Waals surface area contributed by atoms with Crippen molar-refractivity contribution in [3.63, 3.8) is 0 Å². The zero-order chi connectivity index (χ0) is 9.84. The monoisotopic (exact) mass is 183 g/mol. The number of aromatic amines is 1. The highest BCUT2D eigenvalue weighted by Crippen LogP contribution is 2.20. The van der Waals surface area contributed by atoms with Gasteiger partial charge in [-0.05, 0) is 24.0 Å². The number of nitrogens with one attached hydrogen (secondary N) is 1. The van der Waals surface area contributed by atoms with Crippen molar-refractivity contribution >= 4 is 0 Å². The molecule has 0 bridgehead atoms. The van der Waals surface area contributed by atoms with Gasteiger partial charge >= 0.3 is 0 Å². The van der Waals surface area contributed by atoms with Crippen LogP contribution in [0.4, 0.5) is 0 Å². The Morgan fingerprint density at radius 1 is 0.923 bits per heavy atom. The van der Waals surface area contributed by atoms with Gasteiger partial charge in [-0.25, -0.2) is 0 Å². The maximum absolute atomic E-state index is 9.07. The molecule has 74 valence electrons. The highest BCUT2D eigenvalue weighted by Gasteiger charge is 2.12. The summed E-state index contributed by atoms with van der Waals surface area (Å²) in [6, 6.07) is 0. The minimum absolute atomic E-state index is 0.0240. The standard InChI is InChI=1S/C10H17NO2/c1-3-7-8(4-2)10(6-13)11-9(7)5-12/h11-13H,3-6H2,1-2H3. The van der Waals surface area contributed by atoms with E-state index < -0.39 is 0 Å². The van der Waals surface area contributed by atoms with Gasteiger partial charge in [0.25, 0.3) is 0 Å². The van der Waals surface area contributed by atoms with Crippen LogP contribution in [0.3, 0.4) is 0 Å². The summed E-state index contributed by atoms with van der Waals surface area (Å²) in [5, 5.41) is 18.1. The quantitative estimate of drug-likeness (QED) is 0.655. The molecule has 3 N–H and O–H groups in total. The van der Waals surface area contributed by atoms with Crippen molar-refractivity contribution in [1.82, 2.24) is 4.98 Å². The fourth-order valence-corrected chi connectivity index (χ4v) is 1.82. The molecule has 0 fully saturated rings. The minimum atomic E-state index is 0.0240. The molecule has 1 aromatic rings. The van der Waals surface area contributed by atoms with Gasteiger partial charge in [-0.1, -0.05) is 13.8 Å². The molecule has 0 saturated carbocycles. The van der Waals surface area contributed by atoms with Gasteiger partial charge in [-0.2, -0.15) is 0 Å². The van der Waals surface area contributed by atoms with Crippen molar-refractivity contribution in [2.24, 2.45) is 0 Å². The number of aromatic nitrogens is 1. The molecule has 1 heterocycles. The van der Waals surface area contributed by atoms with Gasteiger partial charge in [-0.15, -0.1) is 0 Å². The first kappa shape index (κ1) is 10.3. The Morgan fingerprint density at radius 2 is 1.31 bits per heavy atom. The topological polar surface area (TPSA) is 56.2 Å². The van der Waals surface area contributed by atoms with Gasteiger partial charge in [-0.3, -0.25) is 0 Å². The van der Waals surface area contributed by atoms with Crippen LogP contribution in [0.1, 0.15) is 36.4 Å². The summed E-state index contributed by atoms with van der Waals surface area (Å²) < 4.78 is 0. The van der Waals surface area contributed by atoms with E-state index in [1.807, 2.05) is 0 Å². The first-order chi connectivity index (χ1) is 6.28. The van der Waals surface area contributed by atoms with E-state index in [0.29, 0.717) is 0 Å². The van der Waals surface area contributed by atoms with Gasteiger partial charge in [0, 0.05) is 11.4 Å². The molecule has 0 atom stereocenters. The molecule has 0 amide bonds. The van der Waals surface area contributed by atoms with E-state index in [9.17, 15) is 0 Å². The Hall–Kier alpha value is -0.800. The smallest absolute Gasteiger partial charge is 0.0833 e. The summed E-state index contributed by atoms with van der Waals surface area (Å²) in [4.78, 5) is 3.05. The van der Waals surface area contributed by atoms with Crippen molar-refractivity contribution < 1.29 is 10.2 Å². The SMILES string of the molecule is CCc1c(CO)[nH]c(CO)c1CC. The largest absolute Gasteiger partial charge is 0.390 e. The van der Waals surface area contributed by atoms with Crippen LogP contribution in [0, 0.1) is 0 Å². The van der Waals surface area contributed by atoms with E-state index in [4.69, 9.17) is 10.2 Å². The molecular formula is C10H17NO2. The molecule has 0 aromatic carbocycles. The van der Waals surface area contributed by atoms with Crippen molar-refractivity contribution in [1.29, 1.82) is 0 Å². The van der Waals surface area contributed by atoms with Crippen molar-refractivity contribution in [2.75, 3.05) is 0 Å². The molecule has 0 aliphatic heterocycles. The number of aliphatic hydroxyl groups excluding tert-OH is 2. The zero-order valence-electron chi connectivity index (χ0n) is 8.22. The van der Waals surface area contributed by atoms with Crippen LogP contribution < -0.4 is 0 Å². The Labute approximate surface area is 78.4 Å². The molecule has 0 aliphatic rings. The summed E-state index contributed by atoms with van der Waals surface area (Å²) in [7, 11) is 0. The van der Waals surface area contributed by atoms with Crippen molar-refractivity contribution in [3.05, 3.63) is 22.5 Å². The molecule has 0 aliphatic carbocycles. The maximum Gasteiger partial charge on any atom is 0.0833 e. The third kappa shape index (κ3) is 1.76. The van der Waals surface area contributed by atoms with Gasteiger partial charge in [0.15, 0.2) is 0 Å². The van der Waals surface area contributed by atoms with Crippen LogP contribution >= 0.6 is 0 Å². The van der Waals surface area contributed by atoms with E-state index in [2.05, 4.69) is 18.8 Å². The van der Waals surface area contributed by atoms with Crippen LogP contribution in [0.5, 0.6) is 0 Å². The lowest BCUT2D eigenvalue weighted by Gasteiger charge is -2.01. The molecule has 0 radical (unpaired) electrons. The summed E-state index contributed by atoms with van der Waals surface area (Å²) in [5.74, 6) is 0. The van der Waals surface area contributed by atoms with Crippen LogP contribution in [0.25, 0.3) is 0 Å². The number of hydrogen-bond donors (Lipinski definition) is 3. The molecule has 1 rings (SSSR count). The second-order valence-corrected chi connectivity index (χ2v) is 3.06. The number of rotatable bonds is 4. The third-order valence-corrected chi connectivity index (χ3v) is 2.42. The first-order valence-corrected chi connectivity index (χ1v) is 4.71. The lowest BCUT2D eigenvalue weighted by Crippen LogP contribution is -1.92. The molecule has 0 unspecified atom stereocenters. The van der Waals surface area contributed by atoms with E-state index in [0.717, 1.165) is 35.4 Å². The minimum Gasteiger partial charge on any atom is -0.390 e. The fraction of sp³-hybridized carbons (Fsp3) is 0.600. The molecular weight excluding hydrogens is 166 g/mol. The van der Waals surface area contributed by atoms with Gasteiger partial charge in [0.05, 0.1) is 13.2 Å². The Bertz CT molecular complexity index is 252. The van der Waals surface area contributed by atoms with Crippen LogP contribution in [0.15, 0.2) is 0 Å². The summed E-state index contributed by atoms with van der Waals surface area (Å²) >= 11 is 0. The average Bonchev–Trinajstić information content (AvgIpc) is 2.54. The van der Waals surface area contributed by atoms with E-state index in [1.165, 1.54) is 0 Å². The highest BCUT2D eigenvalue weighted by atomic mass is 16.3. The number of aliphatic hydroxyl groups is 2. The van der Waals surface area contributed by atoms with E-state index in [1.54, 1.807) is 0 Å². The Balaban J connectivity index is 3.17. The molecule has 3 nitrogen and oxygen atoms in total. The van der Waals surface area contributed by atoms with Crippen molar-refractivity contribution in [3.8, 4) is 0 Å². The molecule has 3 heteroatoms. The van der Waals surface area contributed by atoms with Crippen molar-refractivity contribution in [2.45, 2.75) is 39.9 Å². The fourth-order valence-electron chi connectivity index (χ4n) is 1.82. The summed E-state index contributed by atoms with van der Waals surface area (Å²) in [6.45, 7) is 4.16. The molecule has 1 aromatic heterocycles. The molecule has 0 saturated heterocycles. The maximum atomic E-state index is 9.07. The predicted octanol–water partition coefficient (Wildman–Crippen LogP) is 1.12. The normalized spacial score (nSPS) is 10.8. The zero-order valence-corrected chi connectivity index (χ0v) is 8.22. The van der Waals surface area contributed by atoms with Crippen LogP contribution in [-0.2, 0) is 26.1 Å². The van der Waals surface area contributed by atoms with Gasteiger partial charge < -0.3 is 15.2 Å². The van der Waals surface area contributed by atoms with Gasteiger partial charge in [0.1, 0.15) is 0 Å². The van der Waals surface area contributed by atoms with Crippen LogP contribution in [-0.4, -0.2) is 15.2 Å². The highest BCUT2D eigenvalue weighted by molar-refractivity contribution is 5.36. The molecule has 13 heavy (non-hydrogen) atoms. The molecule has 0 spiro atoms. The van der Waals surface area contributed by atoms with E-state index in [-0.39, 0.29) is 13.2 Å². The number of hydrogen-bond acceptors (Lipinski definition) is 2. The summed E-state index contributed by atoms with van der Waals surface area (Å²) in [5.41, 5.74) is 4.02. The average molecular weight is 183 g/mol. The van der Waals surface area contributed by atoms with Crippen LogP contribution in [0.2, 0.25) is 0 Å². The first-order valence-electron chi connectivity index (χ1n) is 4.71. The Morgan fingerprint density at radius 3 is 1.54 bits per heavy atom. The second-order valence-electron chi connectivity index (χ2n) is 3.06. The number of H-pyrrole nitrogens is 1. The lowest BCUT2D eigenvalue weighted by molar-refractivity contribution is 0.268. The second kappa shape index (κ2) is 4.44. The summed E-state index contributed by atoms with van der Waals surface area (Å²) in [6.07, 6.45) is 1.80. The predicted molar refractivity (Wildman–Crippen MR) is 51.4 cm³/mol. The lowest BCUT2D eigenvalue weighted by atomic mass is 10.0.